The lowest BCUT2D eigenvalue weighted by Gasteiger charge is -2.16. The number of aromatic nitrogens is 1. The Labute approximate surface area is 106 Å². The first-order valence-electron chi connectivity index (χ1n) is 5.62. The van der Waals surface area contributed by atoms with Gasteiger partial charge in [0.25, 0.3) is 0 Å². The van der Waals surface area contributed by atoms with Gasteiger partial charge in [0.15, 0.2) is 0 Å². The summed E-state index contributed by atoms with van der Waals surface area (Å²) in [7, 11) is 0. The number of nitrogens with zero attached hydrogens (tertiary/aromatic N) is 1. The van der Waals surface area contributed by atoms with Gasteiger partial charge in [0.2, 0.25) is 6.79 Å². The first kappa shape index (κ1) is 14.2. The zero-order chi connectivity index (χ0) is 13.6. The topological polar surface area (TPSA) is 65.5 Å². The van der Waals surface area contributed by atoms with Crippen molar-refractivity contribution >= 4 is 11.9 Å². The molecule has 0 aliphatic carbocycles. The molecule has 18 heavy (non-hydrogen) atoms. The summed E-state index contributed by atoms with van der Waals surface area (Å²) < 4.78 is 9.60. The van der Waals surface area contributed by atoms with Crippen LogP contribution in [0.3, 0.4) is 0 Å². The van der Waals surface area contributed by atoms with Crippen LogP contribution in [0.15, 0.2) is 24.4 Å². The fourth-order valence-electron chi connectivity index (χ4n) is 1.07. The maximum absolute atomic E-state index is 11.4. The molecule has 0 atom stereocenters. The van der Waals surface area contributed by atoms with Crippen LogP contribution in [0, 0.1) is 5.41 Å². The molecule has 0 saturated heterocycles. The molecule has 0 aliphatic heterocycles. The normalized spacial score (nSPS) is 10.8. The largest absolute Gasteiger partial charge is 0.428 e. The molecule has 5 heteroatoms. The number of esters is 2. The number of hydrogen-bond donors (Lipinski definition) is 0. The van der Waals surface area contributed by atoms with Crippen LogP contribution in [-0.2, 0) is 25.5 Å². The van der Waals surface area contributed by atoms with Crippen LogP contribution in [0.5, 0.6) is 0 Å². The SMILES string of the molecule is CC(C)(C)C(=O)OCOC(=O)Cc1ccccn1. The minimum atomic E-state index is -0.604. The molecule has 1 aromatic heterocycles. The Morgan fingerprint density at radius 2 is 1.94 bits per heavy atom. The first-order valence-corrected chi connectivity index (χ1v) is 5.62. The van der Waals surface area contributed by atoms with Gasteiger partial charge in [-0.3, -0.25) is 14.6 Å². The van der Waals surface area contributed by atoms with Gasteiger partial charge in [-0.1, -0.05) is 6.07 Å². The number of ether oxygens (including phenoxy) is 2. The molecule has 0 aromatic carbocycles. The summed E-state index contributed by atoms with van der Waals surface area (Å²) in [5.74, 6) is -0.886. The number of rotatable bonds is 4. The highest BCUT2D eigenvalue weighted by molar-refractivity contribution is 5.75. The Balaban J connectivity index is 2.28. The maximum atomic E-state index is 11.4. The van der Waals surface area contributed by atoms with Crippen LogP contribution in [-0.4, -0.2) is 23.7 Å². The quantitative estimate of drug-likeness (QED) is 0.602. The monoisotopic (exact) mass is 251 g/mol. The minimum absolute atomic E-state index is 0.0634. The highest BCUT2D eigenvalue weighted by Gasteiger charge is 2.23. The van der Waals surface area contributed by atoms with Crippen LogP contribution >= 0.6 is 0 Å². The summed E-state index contributed by atoms with van der Waals surface area (Å²) in [6.45, 7) is 4.82. The van der Waals surface area contributed by atoms with Crippen molar-refractivity contribution in [3.8, 4) is 0 Å². The lowest BCUT2D eigenvalue weighted by molar-refractivity contribution is -0.172. The van der Waals surface area contributed by atoms with E-state index in [1.807, 2.05) is 0 Å². The molecule has 1 aromatic rings. The summed E-state index contributed by atoms with van der Waals surface area (Å²) in [4.78, 5) is 26.8. The van der Waals surface area contributed by atoms with Gasteiger partial charge in [-0.25, -0.2) is 0 Å². The van der Waals surface area contributed by atoms with Crippen LogP contribution < -0.4 is 0 Å². The summed E-state index contributed by atoms with van der Waals surface area (Å²) in [6, 6.07) is 5.28. The molecular formula is C13H17NO4. The van der Waals surface area contributed by atoms with Gasteiger partial charge in [0.1, 0.15) is 0 Å². The second-order valence-corrected chi connectivity index (χ2v) is 4.81. The lowest BCUT2D eigenvalue weighted by atomic mass is 9.98. The van der Waals surface area contributed by atoms with Crippen molar-refractivity contribution in [2.75, 3.05) is 6.79 Å². The van der Waals surface area contributed by atoms with E-state index in [0.29, 0.717) is 5.69 Å². The van der Waals surface area contributed by atoms with E-state index in [0.717, 1.165) is 0 Å². The second kappa shape index (κ2) is 6.14. The number of carbonyl (C=O) groups excluding carboxylic acids is 2. The molecule has 0 saturated carbocycles. The van der Waals surface area contributed by atoms with Crippen LogP contribution in [0.25, 0.3) is 0 Å². The van der Waals surface area contributed by atoms with E-state index >= 15 is 0 Å². The van der Waals surface area contributed by atoms with Gasteiger partial charge in [-0.2, -0.15) is 0 Å². The molecule has 0 unspecified atom stereocenters. The van der Waals surface area contributed by atoms with Gasteiger partial charge >= 0.3 is 11.9 Å². The summed E-state index contributed by atoms with van der Waals surface area (Å²) >= 11 is 0. The maximum Gasteiger partial charge on any atom is 0.314 e. The second-order valence-electron chi connectivity index (χ2n) is 4.81. The van der Waals surface area contributed by atoms with Crippen molar-refractivity contribution in [3.63, 3.8) is 0 Å². The summed E-state index contributed by atoms with van der Waals surface area (Å²) in [5.41, 5.74) is 0.0116. The summed E-state index contributed by atoms with van der Waals surface area (Å²) in [5, 5.41) is 0. The van der Waals surface area contributed by atoms with Crippen molar-refractivity contribution in [2.45, 2.75) is 27.2 Å². The molecule has 0 radical (unpaired) electrons. The van der Waals surface area contributed by atoms with E-state index in [2.05, 4.69) is 4.98 Å². The van der Waals surface area contributed by atoms with Gasteiger partial charge in [-0.15, -0.1) is 0 Å². The van der Waals surface area contributed by atoms with Crippen molar-refractivity contribution in [2.24, 2.45) is 5.41 Å². The molecule has 1 rings (SSSR count). The van der Waals surface area contributed by atoms with E-state index in [-0.39, 0.29) is 13.2 Å². The van der Waals surface area contributed by atoms with E-state index in [9.17, 15) is 9.59 Å². The molecule has 1 heterocycles. The highest BCUT2D eigenvalue weighted by atomic mass is 16.7. The zero-order valence-electron chi connectivity index (χ0n) is 10.8. The third-order valence-electron chi connectivity index (χ3n) is 2.07. The Hall–Kier alpha value is -1.91. The van der Waals surface area contributed by atoms with E-state index < -0.39 is 17.4 Å². The van der Waals surface area contributed by atoms with Crippen molar-refractivity contribution < 1.29 is 19.1 Å². The first-order chi connectivity index (χ1) is 8.39. The number of hydrogen-bond acceptors (Lipinski definition) is 5. The molecular weight excluding hydrogens is 234 g/mol. The average molecular weight is 251 g/mol. The smallest absolute Gasteiger partial charge is 0.314 e. The molecule has 0 amide bonds. The van der Waals surface area contributed by atoms with Crippen LogP contribution in [0.4, 0.5) is 0 Å². The molecule has 0 N–H and O–H groups in total. The Bertz CT molecular complexity index is 409. The van der Waals surface area contributed by atoms with Crippen LogP contribution in [0.2, 0.25) is 0 Å². The highest BCUT2D eigenvalue weighted by Crippen LogP contribution is 2.14. The minimum Gasteiger partial charge on any atom is -0.428 e. The average Bonchev–Trinajstić information content (AvgIpc) is 2.28. The molecule has 0 fully saturated rings. The number of pyridine rings is 1. The predicted molar refractivity (Wildman–Crippen MR) is 64.4 cm³/mol. The fourth-order valence-corrected chi connectivity index (χ4v) is 1.07. The van der Waals surface area contributed by atoms with Gasteiger partial charge in [-0.05, 0) is 32.9 Å². The summed E-state index contributed by atoms with van der Waals surface area (Å²) in [6.07, 6.45) is 1.66. The van der Waals surface area contributed by atoms with Crippen LogP contribution in [0.1, 0.15) is 26.5 Å². The van der Waals surface area contributed by atoms with Crippen molar-refractivity contribution in [3.05, 3.63) is 30.1 Å². The predicted octanol–water partition coefficient (Wildman–Crippen LogP) is 1.71. The van der Waals surface area contributed by atoms with E-state index in [1.54, 1.807) is 45.2 Å². The Morgan fingerprint density at radius 1 is 1.22 bits per heavy atom. The molecule has 0 aliphatic rings. The lowest BCUT2D eigenvalue weighted by Crippen LogP contribution is -2.25. The van der Waals surface area contributed by atoms with Gasteiger partial charge < -0.3 is 9.47 Å². The molecule has 5 nitrogen and oxygen atoms in total. The van der Waals surface area contributed by atoms with Gasteiger partial charge in [0.05, 0.1) is 17.5 Å². The van der Waals surface area contributed by atoms with Gasteiger partial charge in [0, 0.05) is 6.20 Å². The Morgan fingerprint density at radius 3 is 2.50 bits per heavy atom. The molecule has 0 spiro atoms. The van der Waals surface area contributed by atoms with E-state index in [1.165, 1.54) is 0 Å². The Kier molecular flexibility index (Phi) is 4.83. The zero-order valence-corrected chi connectivity index (χ0v) is 10.8. The fraction of sp³-hybridized carbons (Fsp3) is 0.462. The molecule has 98 valence electrons. The number of carbonyl (C=O) groups is 2. The third-order valence-corrected chi connectivity index (χ3v) is 2.07. The van der Waals surface area contributed by atoms with Crippen molar-refractivity contribution in [1.29, 1.82) is 0 Å². The van der Waals surface area contributed by atoms with Crippen molar-refractivity contribution in [1.82, 2.24) is 4.98 Å². The van der Waals surface area contributed by atoms with E-state index in [4.69, 9.17) is 9.47 Å². The third kappa shape index (κ3) is 4.95. The molecule has 0 bridgehead atoms. The standard InChI is InChI=1S/C13H17NO4/c1-13(2,3)12(16)18-9-17-11(15)8-10-6-4-5-7-14-10/h4-7H,8-9H2,1-3H3.